The molecule has 3 heterocycles. The highest BCUT2D eigenvalue weighted by Gasteiger charge is 2.20. The number of carboxylic acids is 1. The molecule has 0 bridgehead atoms. The van der Waals surface area contributed by atoms with E-state index < -0.39 is 5.97 Å². The van der Waals surface area contributed by atoms with Crippen LogP contribution in [0.15, 0.2) is 24.5 Å². The first-order valence-corrected chi connectivity index (χ1v) is 7.20. The van der Waals surface area contributed by atoms with E-state index in [1.807, 2.05) is 26.0 Å². The SMILES string of the molecule is Cc1cc(-c2nc(C(=O)O)c(N)nc2-c2cnn(C)c2)cc(C)n1. The lowest BCUT2D eigenvalue weighted by atomic mass is 10.1. The van der Waals surface area contributed by atoms with Crippen LogP contribution in [0.5, 0.6) is 0 Å². The molecule has 0 saturated heterocycles. The number of nitrogens with two attached hydrogens (primary N) is 1. The van der Waals surface area contributed by atoms with Gasteiger partial charge in [-0.3, -0.25) is 9.67 Å². The fraction of sp³-hybridized carbons (Fsp3) is 0.188. The van der Waals surface area contributed by atoms with Crippen molar-refractivity contribution in [2.75, 3.05) is 5.73 Å². The third kappa shape index (κ3) is 2.81. The zero-order valence-corrected chi connectivity index (χ0v) is 13.5. The van der Waals surface area contributed by atoms with Gasteiger partial charge in [0.2, 0.25) is 0 Å². The summed E-state index contributed by atoms with van der Waals surface area (Å²) in [5, 5.41) is 13.4. The van der Waals surface area contributed by atoms with Crippen LogP contribution in [0, 0.1) is 13.8 Å². The lowest BCUT2D eigenvalue weighted by Crippen LogP contribution is -2.10. The number of aromatic nitrogens is 5. The van der Waals surface area contributed by atoms with Gasteiger partial charge in [-0.2, -0.15) is 5.10 Å². The minimum atomic E-state index is -1.22. The molecule has 0 aliphatic carbocycles. The Hall–Kier alpha value is -3.29. The molecule has 0 atom stereocenters. The van der Waals surface area contributed by atoms with Gasteiger partial charge in [-0.05, 0) is 26.0 Å². The molecule has 0 aliphatic heterocycles. The minimum absolute atomic E-state index is 0.132. The molecule has 3 aromatic rings. The number of carboxylic acid groups (broad SMARTS) is 1. The number of anilines is 1. The van der Waals surface area contributed by atoms with Crippen LogP contribution in [-0.2, 0) is 7.05 Å². The number of carbonyl (C=O) groups is 1. The Morgan fingerprint density at radius 3 is 2.25 bits per heavy atom. The number of nitrogen functional groups attached to an aromatic ring is 1. The highest BCUT2D eigenvalue weighted by atomic mass is 16.4. The first kappa shape index (κ1) is 15.6. The first-order valence-electron chi connectivity index (χ1n) is 7.20. The Morgan fingerprint density at radius 1 is 1.08 bits per heavy atom. The van der Waals surface area contributed by atoms with Crippen molar-refractivity contribution >= 4 is 11.8 Å². The maximum atomic E-state index is 11.4. The van der Waals surface area contributed by atoms with Crippen molar-refractivity contribution in [1.29, 1.82) is 0 Å². The van der Waals surface area contributed by atoms with E-state index >= 15 is 0 Å². The summed E-state index contributed by atoms with van der Waals surface area (Å²) in [4.78, 5) is 24.2. The molecule has 3 rings (SSSR count). The van der Waals surface area contributed by atoms with Crippen LogP contribution in [-0.4, -0.2) is 35.8 Å². The van der Waals surface area contributed by atoms with E-state index in [-0.39, 0.29) is 11.5 Å². The molecule has 24 heavy (non-hydrogen) atoms. The molecule has 0 aliphatic rings. The molecule has 122 valence electrons. The maximum absolute atomic E-state index is 11.4. The van der Waals surface area contributed by atoms with Crippen LogP contribution in [0.25, 0.3) is 22.5 Å². The number of hydrogen-bond donors (Lipinski definition) is 2. The molecule has 3 aromatic heterocycles. The van der Waals surface area contributed by atoms with Crippen LogP contribution in [0.1, 0.15) is 21.9 Å². The quantitative estimate of drug-likeness (QED) is 0.754. The van der Waals surface area contributed by atoms with Crippen molar-refractivity contribution in [1.82, 2.24) is 24.7 Å². The summed E-state index contributed by atoms with van der Waals surface area (Å²) < 4.78 is 1.63. The van der Waals surface area contributed by atoms with Gasteiger partial charge in [0.15, 0.2) is 11.5 Å². The second kappa shape index (κ2) is 5.73. The Labute approximate surface area is 138 Å². The van der Waals surface area contributed by atoms with Gasteiger partial charge in [0.1, 0.15) is 5.69 Å². The van der Waals surface area contributed by atoms with E-state index in [0.717, 1.165) is 17.0 Å². The number of pyridine rings is 1. The van der Waals surface area contributed by atoms with Crippen molar-refractivity contribution < 1.29 is 9.90 Å². The smallest absolute Gasteiger partial charge is 0.358 e. The summed E-state index contributed by atoms with van der Waals surface area (Å²) in [5.74, 6) is -1.35. The Balaban J connectivity index is 2.32. The third-order valence-electron chi connectivity index (χ3n) is 3.46. The molecule has 0 unspecified atom stereocenters. The molecule has 0 fully saturated rings. The van der Waals surface area contributed by atoms with Gasteiger partial charge in [0, 0.05) is 35.8 Å². The van der Waals surface area contributed by atoms with Crippen LogP contribution < -0.4 is 5.73 Å². The summed E-state index contributed by atoms with van der Waals surface area (Å²) in [6.07, 6.45) is 3.41. The van der Waals surface area contributed by atoms with Crippen LogP contribution in [0.3, 0.4) is 0 Å². The van der Waals surface area contributed by atoms with E-state index in [4.69, 9.17) is 5.73 Å². The zero-order valence-electron chi connectivity index (χ0n) is 13.5. The molecular weight excluding hydrogens is 308 g/mol. The van der Waals surface area contributed by atoms with Gasteiger partial charge >= 0.3 is 5.97 Å². The highest BCUT2D eigenvalue weighted by molar-refractivity contribution is 5.92. The molecule has 0 spiro atoms. The second-order valence-corrected chi connectivity index (χ2v) is 5.50. The third-order valence-corrected chi connectivity index (χ3v) is 3.46. The Morgan fingerprint density at radius 2 is 1.71 bits per heavy atom. The predicted molar refractivity (Wildman–Crippen MR) is 88.3 cm³/mol. The largest absolute Gasteiger partial charge is 0.476 e. The van der Waals surface area contributed by atoms with Crippen LogP contribution >= 0.6 is 0 Å². The number of hydrogen-bond acceptors (Lipinski definition) is 6. The Kier molecular flexibility index (Phi) is 3.72. The van der Waals surface area contributed by atoms with Crippen molar-refractivity contribution in [2.45, 2.75) is 13.8 Å². The molecular formula is C16H16N6O2. The summed E-state index contributed by atoms with van der Waals surface area (Å²) >= 11 is 0. The number of aromatic carboxylic acids is 1. The fourth-order valence-electron chi connectivity index (χ4n) is 2.52. The van der Waals surface area contributed by atoms with E-state index in [9.17, 15) is 9.90 Å². The fourth-order valence-corrected chi connectivity index (χ4v) is 2.52. The van der Waals surface area contributed by atoms with Gasteiger partial charge in [-0.15, -0.1) is 0 Å². The van der Waals surface area contributed by atoms with E-state index in [1.165, 1.54) is 0 Å². The normalized spacial score (nSPS) is 10.8. The van der Waals surface area contributed by atoms with E-state index in [1.54, 1.807) is 24.1 Å². The van der Waals surface area contributed by atoms with Gasteiger partial charge in [-0.1, -0.05) is 0 Å². The maximum Gasteiger partial charge on any atom is 0.358 e. The highest BCUT2D eigenvalue weighted by Crippen LogP contribution is 2.31. The molecule has 0 aromatic carbocycles. The van der Waals surface area contributed by atoms with Gasteiger partial charge in [0.25, 0.3) is 0 Å². The lowest BCUT2D eigenvalue weighted by Gasteiger charge is -2.11. The van der Waals surface area contributed by atoms with Gasteiger partial charge in [-0.25, -0.2) is 14.8 Å². The van der Waals surface area contributed by atoms with Gasteiger partial charge < -0.3 is 10.8 Å². The zero-order chi connectivity index (χ0) is 17.4. The van der Waals surface area contributed by atoms with Crippen molar-refractivity contribution in [2.24, 2.45) is 7.05 Å². The average Bonchev–Trinajstić information content (AvgIpc) is 2.92. The molecule has 8 heteroatoms. The Bertz CT molecular complexity index is 927. The summed E-state index contributed by atoms with van der Waals surface area (Å²) in [7, 11) is 1.78. The minimum Gasteiger partial charge on any atom is -0.476 e. The molecule has 0 amide bonds. The van der Waals surface area contributed by atoms with Crippen LogP contribution in [0.4, 0.5) is 5.82 Å². The molecule has 0 radical (unpaired) electrons. The van der Waals surface area contributed by atoms with Crippen LogP contribution in [0.2, 0.25) is 0 Å². The molecule has 0 saturated carbocycles. The summed E-state index contributed by atoms with van der Waals surface area (Å²) in [6.45, 7) is 3.73. The van der Waals surface area contributed by atoms with Crippen molar-refractivity contribution in [3.05, 3.63) is 41.6 Å². The molecule has 3 N–H and O–H groups in total. The average molecular weight is 324 g/mol. The van der Waals surface area contributed by atoms with Crippen molar-refractivity contribution in [3.63, 3.8) is 0 Å². The first-order chi connectivity index (χ1) is 11.3. The van der Waals surface area contributed by atoms with E-state index in [0.29, 0.717) is 17.0 Å². The summed E-state index contributed by atoms with van der Waals surface area (Å²) in [6, 6.07) is 3.66. The van der Waals surface area contributed by atoms with Crippen molar-refractivity contribution in [3.8, 4) is 22.5 Å². The summed E-state index contributed by atoms with van der Waals surface area (Å²) in [5.41, 5.74) is 9.46. The number of rotatable bonds is 3. The number of aryl methyl sites for hydroxylation is 3. The monoisotopic (exact) mass is 324 g/mol. The molecule has 8 nitrogen and oxygen atoms in total. The topological polar surface area (TPSA) is 120 Å². The lowest BCUT2D eigenvalue weighted by molar-refractivity contribution is 0.0691. The predicted octanol–water partition coefficient (Wildman–Crippen LogP) is 1.84. The standard InChI is InChI=1S/C16H16N6O2/c1-8-4-10(5-9(2)19-8)12-13(11-6-18-22(3)7-11)21-15(17)14(20-12)16(23)24/h4-7H,1-3H3,(H2,17,21)(H,23,24). The van der Waals surface area contributed by atoms with E-state index in [2.05, 4.69) is 20.1 Å². The van der Waals surface area contributed by atoms with Gasteiger partial charge in [0.05, 0.1) is 11.9 Å². The number of nitrogens with zero attached hydrogens (tertiary/aromatic N) is 5. The second-order valence-electron chi connectivity index (χ2n) is 5.50.